The number of phenolic OH excluding ortho intramolecular Hbond substituents is 1. The van der Waals surface area contributed by atoms with Gasteiger partial charge in [0.15, 0.2) is 11.5 Å². The Labute approximate surface area is 158 Å². The molecule has 0 spiro atoms. The van der Waals surface area contributed by atoms with E-state index >= 15 is 0 Å². The van der Waals surface area contributed by atoms with Crippen LogP contribution in [0, 0.1) is 0 Å². The molecule has 2 heterocycles. The van der Waals surface area contributed by atoms with Crippen molar-refractivity contribution >= 4 is 5.95 Å². The number of rotatable bonds is 5. The molecule has 0 unspecified atom stereocenters. The maximum atomic E-state index is 9.89. The number of fused-ring (bicyclic) bond motifs is 1. The second kappa shape index (κ2) is 7.25. The van der Waals surface area contributed by atoms with Gasteiger partial charge in [-0.25, -0.2) is 9.97 Å². The molecule has 0 aliphatic carbocycles. The predicted molar refractivity (Wildman–Crippen MR) is 104 cm³/mol. The molecule has 138 valence electrons. The van der Waals surface area contributed by atoms with Crippen molar-refractivity contribution in [2.24, 2.45) is 0 Å². The van der Waals surface area contributed by atoms with Gasteiger partial charge in [-0.15, -0.1) is 0 Å². The Morgan fingerprint density at radius 3 is 2.70 bits per heavy atom. The van der Waals surface area contributed by atoms with Crippen LogP contribution in [0.1, 0.15) is 23.7 Å². The van der Waals surface area contributed by atoms with E-state index in [0.29, 0.717) is 24.8 Å². The zero-order chi connectivity index (χ0) is 18.8. The van der Waals surface area contributed by atoms with Crippen molar-refractivity contribution in [3.05, 3.63) is 65.4 Å². The maximum Gasteiger partial charge on any atom is 0.220 e. The van der Waals surface area contributed by atoms with Gasteiger partial charge in [0, 0.05) is 30.8 Å². The molecule has 2 aromatic carbocycles. The molecule has 27 heavy (non-hydrogen) atoms. The highest BCUT2D eigenvalue weighted by atomic mass is 16.5. The van der Waals surface area contributed by atoms with Crippen LogP contribution in [-0.2, 0) is 19.6 Å². The molecule has 0 amide bonds. The molecule has 0 radical (unpaired) electrons. The number of phenols is 1. The monoisotopic (exact) mass is 362 g/mol. The quantitative estimate of drug-likeness (QED) is 0.724. The van der Waals surface area contributed by atoms with Crippen LogP contribution in [0.2, 0.25) is 0 Å². The zero-order valence-electron chi connectivity index (χ0n) is 15.2. The predicted octanol–water partition coefficient (Wildman–Crippen LogP) is 3.35. The molecular weight excluding hydrogens is 340 g/mol. The van der Waals surface area contributed by atoms with Gasteiger partial charge in [-0.1, -0.05) is 36.4 Å². The Balaban J connectivity index is 1.59. The van der Waals surface area contributed by atoms with E-state index in [-0.39, 0.29) is 5.75 Å². The Bertz CT molecular complexity index is 960. The summed E-state index contributed by atoms with van der Waals surface area (Å²) in [5, 5.41) is 9.89. The average molecular weight is 362 g/mol. The van der Waals surface area contributed by atoms with Crippen molar-refractivity contribution in [1.82, 2.24) is 14.9 Å². The summed E-state index contributed by atoms with van der Waals surface area (Å²) in [5.41, 5.74) is 11.1. The van der Waals surface area contributed by atoms with Crippen LogP contribution in [0.15, 0.2) is 48.5 Å². The first kappa shape index (κ1) is 17.3. The molecule has 1 aliphatic rings. The highest BCUT2D eigenvalue weighted by molar-refractivity contribution is 5.65. The van der Waals surface area contributed by atoms with Crippen molar-refractivity contribution < 1.29 is 9.84 Å². The fourth-order valence-electron chi connectivity index (χ4n) is 3.47. The average Bonchev–Trinajstić information content (AvgIpc) is 3.06. The number of nitrogens with two attached hydrogens (primary N) is 1. The number of aromatic nitrogens is 2. The molecule has 6 nitrogen and oxygen atoms in total. The lowest BCUT2D eigenvalue weighted by Crippen LogP contribution is -2.15. The number of hydrogen-bond donors (Lipinski definition) is 2. The number of hydrogen-bond acceptors (Lipinski definition) is 6. The van der Waals surface area contributed by atoms with Crippen molar-refractivity contribution in [1.29, 1.82) is 0 Å². The molecule has 4 rings (SSSR count). The van der Waals surface area contributed by atoms with Crippen molar-refractivity contribution in [2.45, 2.75) is 26.6 Å². The summed E-state index contributed by atoms with van der Waals surface area (Å²) in [7, 11) is 0. The summed E-state index contributed by atoms with van der Waals surface area (Å²) in [6, 6.07) is 15.5. The van der Waals surface area contributed by atoms with Gasteiger partial charge < -0.3 is 15.6 Å². The first-order valence-corrected chi connectivity index (χ1v) is 9.01. The maximum absolute atomic E-state index is 9.89. The number of nitrogen functional groups attached to an aromatic ring is 1. The third-order valence-electron chi connectivity index (χ3n) is 4.64. The third kappa shape index (κ3) is 3.57. The molecule has 0 bridgehead atoms. The highest BCUT2D eigenvalue weighted by Crippen LogP contribution is 2.33. The smallest absolute Gasteiger partial charge is 0.220 e. The summed E-state index contributed by atoms with van der Waals surface area (Å²) in [6.07, 6.45) is 0. The van der Waals surface area contributed by atoms with Crippen LogP contribution in [0.25, 0.3) is 11.3 Å². The van der Waals surface area contributed by atoms with Gasteiger partial charge in [0.2, 0.25) is 5.95 Å². The topological polar surface area (TPSA) is 84.5 Å². The minimum atomic E-state index is 0.162. The summed E-state index contributed by atoms with van der Waals surface area (Å²) in [5.74, 6) is 0.980. The summed E-state index contributed by atoms with van der Waals surface area (Å²) < 4.78 is 5.49. The molecule has 0 atom stereocenters. The minimum absolute atomic E-state index is 0.162. The largest absolute Gasteiger partial charge is 0.504 e. The first-order chi connectivity index (χ1) is 13.1. The number of aromatic hydroxyl groups is 1. The van der Waals surface area contributed by atoms with E-state index in [4.69, 9.17) is 10.5 Å². The molecule has 0 fully saturated rings. The first-order valence-electron chi connectivity index (χ1n) is 9.01. The highest BCUT2D eigenvalue weighted by Gasteiger charge is 2.25. The second-order valence-corrected chi connectivity index (χ2v) is 6.60. The van der Waals surface area contributed by atoms with Gasteiger partial charge in [-0.3, -0.25) is 4.90 Å². The van der Waals surface area contributed by atoms with Gasteiger partial charge in [-0.05, 0) is 24.6 Å². The fourth-order valence-corrected chi connectivity index (χ4v) is 3.47. The minimum Gasteiger partial charge on any atom is -0.504 e. The van der Waals surface area contributed by atoms with Gasteiger partial charge in [0.05, 0.1) is 18.0 Å². The van der Waals surface area contributed by atoms with Crippen LogP contribution in [0.5, 0.6) is 11.5 Å². The standard InChI is InChI=1S/C21H22N4O2/c1-2-27-19-10-14(8-9-18(19)26)11-25-12-16-17(13-25)23-21(22)24-20(16)15-6-4-3-5-7-15/h3-10,26H,2,11-13H2,1H3,(H2,22,23,24). The second-order valence-electron chi connectivity index (χ2n) is 6.60. The molecular formula is C21H22N4O2. The van der Waals surface area contributed by atoms with Crippen molar-refractivity contribution in [2.75, 3.05) is 12.3 Å². The van der Waals surface area contributed by atoms with E-state index in [9.17, 15) is 5.11 Å². The van der Waals surface area contributed by atoms with Gasteiger partial charge in [0.25, 0.3) is 0 Å². The summed E-state index contributed by atoms with van der Waals surface area (Å²) in [6.45, 7) is 4.61. The van der Waals surface area contributed by atoms with E-state index in [1.165, 1.54) is 0 Å². The Hall–Kier alpha value is -3.12. The van der Waals surface area contributed by atoms with Crippen LogP contribution in [0.3, 0.4) is 0 Å². The molecule has 1 aliphatic heterocycles. The molecule has 0 saturated carbocycles. The Kier molecular flexibility index (Phi) is 4.64. The lowest BCUT2D eigenvalue weighted by molar-refractivity contribution is 0.272. The lowest BCUT2D eigenvalue weighted by atomic mass is 10.1. The van der Waals surface area contributed by atoms with E-state index in [2.05, 4.69) is 14.9 Å². The molecule has 1 aromatic heterocycles. The molecule has 3 N–H and O–H groups in total. The number of nitrogens with zero attached hydrogens (tertiary/aromatic N) is 3. The van der Waals surface area contributed by atoms with Crippen LogP contribution in [0.4, 0.5) is 5.95 Å². The van der Waals surface area contributed by atoms with Crippen molar-refractivity contribution in [3.8, 4) is 22.8 Å². The summed E-state index contributed by atoms with van der Waals surface area (Å²) in [4.78, 5) is 11.2. The van der Waals surface area contributed by atoms with Gasteiger partial charge in [-0.2, -0.15) is 0 Å². The molecule has 0 saturated heterocycles. The van der Waals surface area contributed by atoms with Crippen LogP contribution >= 0.6 is 0 Å². The number of ether oxygens (including phenoxy) is 1. The third-order valence-corrected chi connectivity index (χ3v) is 4.64. The van der Waals surface area contributed by atoms with Gasteiger partial charge >= 0.3 is 0 Å². The Morgan fingerprint density at radius 2 is 1.93 bits per heavy atom. The van der Waals surface area contributed by atoms with E-state index < -0.39 is 0 Å². The molecule has 3 aromatic rings. The summed E-state index contributed by atoms with van der Waals surface area (Å²) >= 11 is 0. The lowest BCUT2D eigenvalue weighted by Gasteiger charge is -2.16. The van der Waals surface area contributed by atoms with E-state index in [1.807, 2.05) is 49.4 Å². The van der Waals surface area contributed by atoms with Crippen LogP contribution in [-0.4, -0.2) is 26.6 Å². The number of benzene rings is 2. The molecule has 6 heteroatoms. The van der Waals surface area contributed by atoms with E-state index in [1.54, 1.807) is 6.07 Å². The number of anilines is 1. The van der Waals surface area contributed by atoms with Crippen molar-refractivity contribution in [3.63, 3.8) is 0 Å². The van der Waals surface area contributed by atoms with Gasteiger partial charge in [0.1, 0.15) is 0 Å². The fraction of sp³-hybridized carbons (Fsp3) is 0.238. The SMILES string of the molecule is CCOc1cc(CN2Cc3nc(N)nc(-c4ccccc4)c3C2)ccc1O. The Morgan fingerprint density at radius 1 is 1.11 bits per heavy atom. The van der Waals surface area contributed by atoms with E-state index in [0.717, 1.165) is 41.2 Å². The normalized spacial score (nSPS) is 13.5. The zero-order valence-corrected chi connectivity index (χ0v) is 15.2. The van der Waals surface area contributed by atoms with Crippen LogP contribution < -0.4 is 10.5 Å².